The van der Waals surface area contributed by atoms with Gasteiger partial charge in [0.15, 0.2) is 0 Å². The Kier molecular flexibility index (Phi) is 6.41. The Bertz CT molecular complexity index is 728. The third kappa shape index (κ3) is 4.51. The summed E-state index contributed by atoms with van der Waals surface area (Å²) < 4.78 is 7.15. The minimum atomic E-state index is 0.0614. The van der Waals surface area contributed by atoms with E-state index in [1.165, 1.54) is 12.1 Å². The molecule has 1 aliphatic rings. The molecule has 6 heteroatoms. The summed E-state index contributed by atoms with van der Waals surface area (Å²) in [7, 11) is 3.65. The third-order valence-electron chi connectivity index (χ3n) is 5.05. The largest absolute Gasteiger partial charge is 0.380 e. The molecule has 6 nitrogen and oxygen atoms in total. The number of amides is 1. The zero-order valence-electron chi connectivity index (χ0n) is 15.6. The molecule has 1 fully saturated rings. The number of rotatable bonds is 7. The fraction of sp³-hybridized carbons (Fsp3) is 0.500. The number of hydrogen-bond acceptors (Lipinski definition) is 4. The number of likely N-dealkylation sites (tertiary alicyclic amines) is 1. The van der Waals surface area contributed by atoms with E-state index in [1.807, 2.05) is 42.2 Å². The molecule has 0 aliphatic carbocycles. The Morgan fingerprint density at radius 1 is 1.27 bits per heavy atom. The van der Waals surface area contributed by atoms with Gasteiger partial charge in [0.25, 0.3) is 0 Å². The summed E-state index contributed by atoms with van der Waals surface area (Å²) in [4.78, 5) is 14.8. The number of carbonyl (C=O) groups is 1. The molecule has 1 atom stereocenters. The van der Waals surface area contributed by atoms with Crippen LogP contribution in [0.15, 0.2) is 36.5 Å². The fourth-order valence-corrected chi connectivity index (χ4v) is 3.69. The first kappa shape index (κ1) is 18.6. The summed E-state index contributed by atoms with van der Waals surface area (Å²) in [6.07, 6.45) is 5.23. The molecule has 3 rings (SSSR count). The summed E-state index contributed by atoms with van der Waals surface area (Å²) in [5.41, 5.74) is 3.40. The topological polar surface area (TPSA) is 59.4 Å². The van der Waals surface area contributed by atoms with Crippen molar-refractivity contribution in [2.75, 3.05) is 20.2 Å². The second-order valence-corrected chi connectivity index (χ2v) is 6.84. The minimum Gasteiger partial charge on any atom is -0.380 e. The normalized spacial score (nSPS) is 18.0. The van der Waals surface area contributed by atoms with Crippen LogP contribution in [0.1, 0.15) is 42.1 Å². The fourth-order valence-electron chi connectivity index (χ4n) is 3.69. The zero-order chi connectivity index (χ0) is 18.4. The van der Waals surface area contributed by atoms with E-state index in [0.29, 0.717) is 19.7 Å². The standard InChI is InChI=1S/C20H28N4O2/c1-23-18(10-11-22-23)19-9-5-6-12-24(19)14-20(25)21-13-16-7-3-4-8-17(16)15-26-2/h3-4,7-8,10-11,19H,5-6,9,12-15H2,1-2H3,(H,21,25)/t19-/m0/s1. The number of piperidine rings is 1. The molecule has 2 aromatic rings. The van der Waals surface area contributed by atoms with Crippen molar-refractivity contribution in [3.63, 3.8) is 0 Å². The molecule has 0 saturated carbocycles. The molecule has 1 aromatic heterocycles. The predicted octanol–water partition coefficient (Wildman–Crippen LogP) is 2.41. The molecule has 0 unspecified atom stereocenters. The molecule has 1 aliphatic heterocycles. The zero-order valence-corrected chi connectivity index (χ0v) is 15.6. The first-order valence-electron chi connectivity index (χ1n) is 9.23. The summed E-state index contributed by atoms with van der Waals surface area (Å²) in [6, 6.07) is 10.4. The van der Waals surface area contributed by atoms with Crippen molar-refractivity contribution in [2.24, 2.45) is 7.05 Å². The van der Waals surface area contributed by atoms with Crippen LogP contribution in [-0.2, 0) is 29.7 Å². The highest BCUT2D eigenvalue weighted by atomic mass is 16.5. The lowest BCUT2D eigenvalue weighted by Crippen LogP contribution is -2.42. The van der Waals surface area contributed by atoms with E-state index in [2.05, 4.69) is 21.4 Å². The summed E-state index contributed by atoms with van der Waals surface area (Å²) in [6.45, 7) is 2.45. The van der Waals surface area contributed by atoms with Crippen molar-refractivity contribution >= 4 is 5.91 Å². The van der Waals surface area contributed by atoms with Gasteiger partial charge >= 0.3 is 0 Å². The summed E-state index contributed by atoms with van der Waals surface area (Å²) in [5.74, 6) is 0.0614. The Morgan fingerprint density at radius 3 is 2.81 bits per heavy atom. The van der Waals surface area contributed by atoms with Gasteiger partial charge in [-0.25, -0.2) is 0 Å². The van der Waals surface area contributed by atoms with Gasteiger partial charge in [0.05, 0.1) is 24.9 Å². The first-order chi connectivity index (χ1) is 12.7. The van der Waals surface area contributed by atoms with Crippen molar-refractivity contribution in [1.29, 1.82) is 0 Å². The maximum Gasteiger partial charge on any atom is 0.234 e. The van der Waals surface area contributed by atoms with Crippen LogP contribution in [0.5, 0.6) is 0 Å². The number of nitrogens with zero attached hydrogens (tertiary/aromatic N) is 3. The average molecular weight is 356 g/mol. The second-order valence-electron chi connectivity index (χ2n) is 6.84. The van der Waals surface area contributed by atoms with Crippen molar-refractivity contribution in [3.8, 4) is 0 Å². The molecule has 0 radical (unpaired) electrons. The highest BCUT2D eigenvalue weighted by molar-refractivity contribution is 5.78. The van der Waals surface area contributed by atoms with E-state index >= 15 is 0 Å². The second kappa shape index (κ2) is 8.96. The molecule has 1 N–H and O–H groups in total. The molecule has 26 heavy (non-hydrogen) atoms. The quantitative estimate of drug-likeness (QED) is 0.828. The van der Waals surface area contributed by atoms with Gasteiger partial charge in [-0.3, -0.25) is 14.4 Å². The maximum absolute atomic E-state index is 12.5. The van der Waals surface area contributed by atoms with Crippen LogP contribution < -0.4 is 5.32 Å². The SMILES string of the molecule is COCc1ccccc1CNC(=O)CN1CCCC[C@H]1c1ccnn1C. The molecular weight excluding hydrogens is 328 g/mol. The van der Waals surface area contributed by atoms with Crippen molar-refractivity contribution < 1.29 is 9.53 Å². The number of hydrogen-bond donors (Lipinski definition) is 1. The van der Waals surface area contributed by atoms with E-state index in [4.69, 9.17) is 4.74 Å². The van der Waals surface area contributed by atoms with E-state index < -0.39 is 0 Å². The van der Waals surface area contributed by atoms with Crippen molar-refractivity contribution in [2.45, 2.75) is 38.5 Å². The lowest BCUT2D eigenvalue weighted by Gasteiger charge is -2.35. The highest BCUT2D eigenvalue weighted by Crippen LogP contribution is 2.30. The highest BCUT2D eigenvalue weighted by Gasteiger charge is 2.27. The van der Waals surface area contributed by atoms with E-state index in [0.717, 1.165) is 30.5 Å². The van der Waals surface area contributed by atoms with Gasteiger partial charge in [-0.05, 0) is 36.6 Å². The number of aromatic nitrogens is 2. The lowest BCUT2D eigenvalue weighted by atomic mass is 9.99. The van der Waals surface area contributed by atoms with Crippen LogP contribution in [0.2, 0.25) is 0 Å². The van der Waals surface area contributed by atoms with Crippen LogP contribution in [0.4, 0.5) is 0 Å². The van der Waals surface area contributed by atoms with Gasteiger partial charge in [-0.15, -0.1) is 0 Å². The van der Waals surface area contributed by atoms with Gasteiger partial charge in [-0.1, -0.05) is 30.7 Å². The predicted molar refractivity (Wildman–Crippen MR) is 100 cm³/mol. The summed E-state index contributed by atoms with van der Waals surface area (Å²) in [5, 5.41) is 7.35. The number of methoxy groups -OCH3 is 1. The van der Waals surface area contributed by atoms with Crippen LogP contribution >= 0.6 is 0 Å². The van der Waals surface area contributed by atoms with E-state index in [9.17, 15) is 4.79 Å². The molecule has 0 spiro atoms. The van der Waals surface area contributed by atoms with Crippen LogP contribution in [0.3, 0.4) is 0 Å². The van der Waals surface area contributed by atoms with Crippen LogP contribution in [0, 0.1) is 0 Å². The molecule has 0 bridgehead atoms. The Labute approximate surface area is 155 Å². The van der Waals surface area contributed by atoms with E-state index in [1.54, 1.807) is 7.11 Å². The van der Waals surface area contributed by atoms with Gasteiger partial charge in [0.2, 0.25) is 5.91 Å². The maximum atomic E-state index is 12.5. The Morgan fingerprint density at radius 2 is 2.08 bits per heavy atom. The average Bonchev–Trinajstić information content (AvgIpc) is 3.07. The molecule has 2 heterocycles. The minimum absolute atomic E-state index is 0.0614. The van der Waals surface area contributed by atoms with E-state index in [-0.39, 0.29) is 11.9 Å². The molecular formula is C20H28N4O2. The Hall–Kier alpha value is -2.18. The van der Waals surface area contributed by atoms with Gasteiger partial charge < -0.3 is 10.1 Å². The monoisotopic (exact) mass is 356 g/mol. The number of carbonyl (C=O) groups excluding carboxylic acids is 1. The molecule has 1 aromatic carbocycles. The van der Waals surface area contributed by atoms with Crippen LogP contribution in [-0.4, -0.2) is 40.8 Å². The van der Waals surface area contributed by atoms with Crippen molar-refractivity contribution in [3.05, 3.63) is 53.3 Å². The molecule has 1 amide bonds. The van der Waals surface area contributed by atoms with Gasteiger partial charge in [0, 0.05) is 26.9 Å². The van der Waals surface area contributed by atoms with Gasteiger partial charge in [-0.2, -0.15) is 5.10 Å². The van der Waals surface area contributed by atoms with Crippen molar-refractivity contribution in [1.82, 2.24) is 20.0 Å². The van der Waals surface area contributed by atoms with Crippen LogP contribution in [0.25, 0.3) is 0 Å². The number of benzene rings is 1. The number of aryl methyl sites for hydroxylation is 1. The molecule has 140 valence electrons. The smallest absolute Gasteiger partial charge is 0.234 e. The number of ether oxygens (including phenoxy) is 1. The Balaban J connectivity index is 1.59. The lowest BCUT2D eigenvalue weighted by molar-refractivity contribution is -0.123. The number of nitrogens with one attached hydrogen (secondary N) is 1. The summed E-state index contributed by atoms with van der Waals surface area (Å²) >= 11 is 0. The first-order valence-corrected chi connectivity index (χ1v) is 9.23. The third-order valence-corrected chi connectivity index (χ3v) is 5.05. The van der Waals surface area contributed by atoms with Gasteiger partial charge in [0.1, 0.15) is 0 Å². The molecule has 1 saturated heterocycles.